The molecule has 0 aliphatic heterocycles. The molecule has 0 spiro atoms. The Balaban J connectivity index is 3.93. The maximum atomic E-state index is 12.1. The number of ether oxygens (including phenoxy) is 1. The summed E-state index contributed by atoms with van der Waals surface area (Å²) in [5.41, 5.74) is 0. The van der Waals surface area contributed by atoms with Crippen LogP contribution in [0.2, 0.25) is 0 Å². The van der Waals surface area contributed by atoms with Gasteiger partial charge in [-0.15, -0.1) is 0 Å². The molecule has 12 heteroatoms. The van der Waals surface area contributed by atoms with Crippen LogP contribution in [0, 0.1) is 0 Å². The summed E-state index contributed by atoms with van der Waals surface area (Å²) >= 11 is 0. The molecule has 3 unspecified atom stereocenters. The monoisotopic (exact) mass is 687 g/mol. The summed E-state index contributed by atoms with van der Waals surface area (Å²) in [5, 5.41) is 21.6. The van der Waals surface area contributed by atoms with Crippen LogP contribution in [-0.2, 0) is 32.7 Å². The maximum absolute atomic E-state index is 12.1. The van der Waals surface area contributed by atoms with Crippen molar-refractivity contribution in [2.45, 2.75) is 148 Å². The van der Waals surface area contributed by atoms with Crippen LogP contribution in [0.1, 0.15) is 136 Å². The predicted octanol–water partition coefficient (Wildman–Crippen LogP) is 7.71. The van der Waals surface area contributed by atoms with Gasteiger partial charge in [-0.05, 0) is 44.9 Å². The number of allylic oxidation sites excluding steroid dienone is 6. The van der Waals surface area contributed by atoms with Crippen molar-refractivity contribution in [3.8, 4) is 0 Å². The van der Waals surface area contributed by atoms with Crippen LogP contribution in [0.3, 0.4) is 0 Å². The van der Waals surface area contributed by atoms with E-state index in [-0.39, 0.29) is 12.8 Å². The summed E-state index contributed by atoms with van der Waals surface area (Å²) in [6.45, 7) is 2.34. The Bertz CT molecular complexity index is 953. The van der Waals surface area contributed by atoms with Crippen molar-refractivity contribution >= 4 is 25.7 Å². The van der Waals surface area contributed by atoms with Crippen molar-refractivity contribution in [2.75, 3.05) is 19.8 Å². The highest BCUT2D eigenvalue weighted by molar-refractivity contribution is 7.47. The lowest BCUT2D eigenvalue weighted by Crippen LogP contribution is -2.43. The average molecular weight is 688 g/mol. The van der Waals surface area contributed by atoms with Gasteiger partial charge in [-0.1, -0.05) is 115 Å². The first kappa shape index (κ1) is 44.7. The first-order chi connectivity index (χ1) is 22.6. The van der Waals surface area contributed by atoms with Gasteiger partial charge in [0.05, 0.1) is 13.2 Å². The topological polar surface area (TPSA) is 169 Å². The van der Waals surface area contributed by atoms with Gasteiger partial charge in [0.1, 0.15) is 12.7 Å². The smallest absolute Gasteiger partial charge is 0.472 e. The molecule has 0 saturated heterocycles. The number of esters is 1. The number of hydrogen-bond donors (Lipinski definition) is 4. The second-order valence-electron chi connectivity index (χ2n) is 11.7. The number of phosphoric acid groups is 1. The number of phosphoric ester groups is 1. The molecule has 0 aliphatic carbocycles. The van der Waals surface area contributed by atoms with Gasteiger partial charge in [0.2, 0.25) is 5.91 Å². The van der Waals surface area contributed by atoms with E-state index in [2.05, 4.69) is 55.6 Å². The molecule has 4 N–H and O–H groups in total. The molecule has 0 saturated carbocycles. The van der Waals surface area contributed by atoms with E-state index >= 15 is 0 Å². The van der Waals surface area contributed by atoms with Crippen molar-refractivity contribution < 1.29 is 47.8 Å². The normalized spacial score (nSPS) is 14.5. The molecular weight excluding hydrogens is 625 g/mol. The summed E-state index contributed by atoms with van der Waals surface area (Å²) < 4.78 is 26.6. The number of carbonyl (C=O) groups excluding carboxylic acids is 2. The zero-order chi connectivity index (χ0) is 35.0. The Morgan fingerprint density at radius 3 is 1.85 bits per heavy atom. The number of hydrogen-bond acceptors (Lipinski definition) is 8. The first-order valence-corrected chi connectivity index (χ1v) is 19.0. The minimum Gasteiger partial charge on any atom is -0.480 e. The zero-order valence-electron chi connectivity index (χ0n) is 28.8. The molecule has 0 fully saturated rings. The minimum atomic E-state index is -4.74. The molecule has 11 nitrogen and oxygen atoms in total. The van der Waals surface area contributed by atoms with E-state index in [1.54, 1.807) is 0 Å². The number of rotatable bonds is 32. The van der Waals surface area contributed by atoms with E-state index in [1.165, 1.54) is 12.8 Å². The molecule has 0 aromatic heterocycles. The van der Waals surface area contributed by atoms with Crippen LogP contribution < -0.4 is 5.32 Å². The van der Waals surface area contributed by atoms with Gasteiger partial charge in [0.25, 0.3) is 0 Å². The number of nitrogens with one attached hydrogen (secondary N) is 1. The third-order valence-corrected chi connectivity index (χ3v) is 8.14. The summed E-state index contributed by atoms with van der Waals surface area (Å²) in [4.78, 5) is 45.3. The molecule has 0 heterocycles. The van der Waals surface area contributed by atoms with Crippen molar-refractivity contribution in [1.29, 1.82) is 0 Å². The number of aliphatic hydroxyl groups excluding tert-OH is 1. The van der Waals surface area contributed by atoms with Crippen LogP contribution in [-0.4, -0.2) is 64.9 Å². The van der Waals surface area contributed by atoms with Gasteiger partial charge in [-0.2, -0.15) is 0 Å². The van der Waals surface area contributed by atoms with Crippen LogP contribution in [0.4, 0.5) is 0 Å². The lowest BCUT2D eigenvalue weighted by Gasteiger charge is -2.18. The fourth-order valence-corrected chi connectivity index (χ4v) is 5.22. The van der Waals surface area contributed by atoms with Crippen LogP contribution >= 0.6 is 7.82 Å². The van der Waals surface area contributed by atoms with Crippen molar-refractivity contribution in [3.05, 3.63) is 36.5 Å². The molecule has 1 amide bonds. The zero-order valence-corrected chi connectivity index (χ0v) is 29.7. The summed E-state index contributed by atoms with van der Waals surface area (Å²) in [7, 11) is -4.74. The summed E-state index contributed by atoms with van der Waals surface area (Å²) in [6.07, 6.45) is 29.4. The Kier molecular flexibility index (Phi) is 29.5. The Labute approximate surface area is 282 Å². The van der Waals surface area contributed by atoms with Crippen molar-refractivity contribution in [2.24, 2.45) is 0 Å². The molecule has 0 rings (SSSR count). The number of carbonyl (C=O) groups is 3. The third-order valence-electron chi connectivity index (χ3n) is 7.19. The highest BCUT2D eigenvalue weighted by Gasteiger charge is 2.28. The van der Waals surface area contributed by atoms with E-state index in [4.69, 9.17) is 13.8 Å². The average Bonchev–Trinajstić information content (AvgIpc) is 3.04. The largest absolute Gasteiger partial charge is 0.480 e. The highest BCUT2D eigenvalue weighted by atomic mass is 31.2. The number of carboxylic acid groups (broad SMARTS) is 1. The number of amides is 1. The van der Waals surface area contributed by atoms with Gasteiger partial charge in [0.15, 0.2) is 6.04 Å². The Morgan fingerprint density at radius 1 is 0.702 bits per heavy atom. The number of aliphatic carboxylic acids is 1. The molecule has 272 valence electrons. The van der Waals surface area contributed by atoms with Gasteiger partial charge >= 0.3 is 19.8 Å². The lowest BCUT2D eigenvalue weighted by atomic mass is 10.1. The van der Waals surface area contributed by atoms with E-state index < -0.39 is 57.6 Å². The van der Waals surface area contributed by atoms with Crippen molar-refractivity contribution in [1.82, 2.24) is 5.32 Å². The maximum Gasteiger partial charge on any atom is 0.472 e. The second-order valence-corrected chi connectivity index (χ2v) is 13.1. The van der Waals surface area contributed by atoms with Gasteiger partial charge in [-0.3, -0.25) is 18.6 Å². The van der Waals surface area contributed by atoms with E-state index in [9.17, 15) is 34.1 Å². The molecular formula is C35H62NO10P. The van der Waals surface area contributed by atoms with E-state index in [1.807, 2.05) is 0 Å². The van der Waals surface area contributed by atoms with Crippen LogP contribution in [0.25, 0.3) is 0 Å². The molecule has 0 radical (unpaired) electrons. The third kappa shape index (κ3) is 30.8. The quantitative estimate of drug-likeness (QED) is 0.0238. The number of aliphatic hydroxyl groups is 1. The molecule has 3 atom stereocenters. The van der Waals surface area contributed by atoms with Gasteiger partial charge < -0.3 is 25.2 Å². The molecule has 0 aromatic rings. The molecule has 0 bridgehead atoms. The van der Waals surface area contributed by atoms with E-state index in [0.29, 0.717) is 12.8 Å². The second kappa shape index (κ2) is 31.0. The van der Waals surface area contributed by atoms with Crippen LogP contribution in [0.15, 0.2) is 36.5 Å². The lowest BCUT2D eigenvalue weighted by molar-refractivity contribution is -0.147. The van der Waals surface area contributed by atoms with Gasteiger partial charge in [-0.25, -0.2) is 9.36 Å². The summed E-state index contributed by atoms with van der Waals surface area (Å²) in [6, 6.07) is -1.54. The highest BCUT2D eigenvalue weighted by Crippen LogP contribution is 2.43. The van der Waals surface area contributed by atoms with Crippen molar-refractivity contribution in [3.63, 3.8) is 0 Å². The minimum absolute atomic E-state index is 0.142. The SMILES string of the molecule is CC/C=C\C/C=C\C/C=C\CCCCCCCCCC(=O)OCC(O)COP(=O)(O)OCC(NC(=O)CCCCCCCC)C(=O)O. The number of unbranched alkanes of at least 4 members (excludes halogenated alkanes) is 12. The van der Waals surface area contributed by atoms with Crippen LogP contribution in [0.5, 0.6) is 0 Å². The first-order valence-electron chi connectivity index (χ1n) is 17.5. The Morgan fingerprint density at radius 2 is 1.23 bits per heavy atom. The fraction of sp³-hybridized carbons (Fsp3) is 0.743. The number of carboxylic acids is 1. The molecule has 47 heavy (non-hydrogen) atoms. The van der Waals surface area contributed by atoms with Gasteiger partial charge in [0, 0.05) is 12.8 Å². The standard InChI is InChI=1S/C35H62NO10P/c1-3-5-7-9-11-12-13-14-15-16-17-18-19-20-21-23-25-27-34(39)44-28-31(37)29-45-47(42,43)46-30-32(35(40)41)36-33(38)26-24-22-10-8-6-4-2/h5,7,11-12,14-15,31-32,37H,3-4,6,8-10,13,16-30H2,1-2H3,(H,36,38)(H,40,41)(H,42,43)/b7-5-,12-11-,15-14-. The Hall–Kier alpha value is -2.30. The summed E-state index contributed by atoms with van der Waals surface area (Å²) in [5.74, 6) is -2.40. The fourth-order valence-electron chi connectivity index (χ4n) is 4.44. The molecule has 0 aromatic carbocycles. The van der Waals surface area contributed by atoms with E-state index in [0.717, 1.165) is 83.5 Å². The molecule has 0 aliphatic rings. The predicted molar refractivity (Wildman–Crippen MR) is 185 cm³/mol.